The third kappa shape index (κ3) is 4.09. The Morgan fingerprint density at radius 1 is 1.15 bits per heavy atom. The first-order valence-corrected chi connectivity index (χ1v) is 6.41. The first kappa shape index (κ1) is 12.9. The van der Waals surface area contributed by atoms with Crippen molar-refractivity contribution in [2.24, 2.45) is 5.92 Å². The van der Waals surface area contributed by atoms with Crippen molar-refractivity contribution in [2.45, 2.75) is 39.0 Å². The third-order valence-electron chi connectivity index (χ3n) is 2.31. The van der Waals surface area contributed by atoms with Crippen LogP contribution in [-0.4, -0.2) is 32.5 Å². The maximum atomic E-state index is 11.6. The summed E-state index contributed by atoms with van der Waals surface area (Å²) in [5.74, 6) is 0.581. The molecule has 0 aliphatic heterocycles. The van der Waals surface area contributed by atoms with Crippen molar-refractivity contribution in [1.82, 2.24) is 5.32 Å². The van der Waals surface area contributed by atoms with Gasteiger partial charge in [-0.15, -0.1) is 0 Å². The molecule has 1 atom stereocenters. The van der Waals surface area contributed by atoms with Crippen molar-refractivity contribution < 1.29 is 8.42 Å². The van der Waals surface area contributed by atoms with Crippen LogP contribution in [0.25, 0.3) is 0 Å². The first-order chi connectivity index (χ1) is 5.81. The molecule has 4 heteroatoms. The minimum atomic E-state index is -2.92. The van der Waals surface area contributed by atoms with E-state index in [2.05, 4.69) is 5.32 Å². The highest BCUT2D eigenvalue weighted by molar-refractivity contribution is 7.92. The molecule has 13 heavy (non-hydrogen) atoms. The van der Waals surface area contributed by atoms with Crippen LogP contribution >= 0.6 is 0 Å². The van der Waals surface area contributed by atoms with Crippen molar-refractivity contribution in [1.29, 1.82) is 0 Å². The molecule has 0 fully saturated rings. The normalized spacial score (nSPS) is 15.3. The quantitative estimate of drug-likeness (QED) is 0.733. The van der Waals surface area contributed by atoms with Crippen molar-refractivity contribution in [3.05, 3.63) is 0 Å². The maximum absolute atomic E-state index is 11.6. The van der Waals surface area contributed by atoms with E-state index in [4.69, 9.17) is 0 Å². The van der Waals surface area contributed by atoms with Crippen LogP contribution in [0.15, 0.2) is 0 Å². The summed E-state index contributed by atoms with van der Waals surface area (Å²) in [5, 5.41) is 2.76. The van der Waals surface area contributed by atoms with Crippen LogP contribution < -0.4 is 5.32 Å². The summed E-state index contributed by atoms with van der Waals surface area (Å²) in [4.78, 5) is 0. The van der Waals surface area contributed by atoms with E-state index in [1.54, 1.807) is 20.9 Å². The summed E-state index contributed by atoms with van der Waals surface area (Å²) in [6.45, 7) is 7.50. The maximum Gasteiger partial charge on any atom is 0.154 e. The zero-order valence-electron chi connectivity index (χ0n) is 9.16. The summed E-state index contributed by atoms with van der Waals surface area (Å²) in [5.41, 5.74) is 0. The third-order valence-corrected chi connectivity index (χ3v) is 4.57. The molecule has 3 nitrogen and oxygen atoms in total. The molecular weight excluding hydrogens is 186 g/mol. The van der Waals surface area contributed by atoms with Crippen LogP contribution in [0.2, 0.25) is 0 Å². The van der Waals surface area contributed by atoms with E-state index >= 15 is 0 Å². The number of hydrogen-bond acceptors (Lipinski definition) is 3. The minimum absolute atomic E-state index is 0.0624. The zero-order valence-corrected chi connectivity index (χ0v) is 9.98. The van der Waals surface area contributed by atoms with Gasteiger partial charge in [0.05, 0.1) is 11.0 Å². The average Bonchev–Trinajstić information content (AvgIpc) is 1.99. The first-order valence-electron chi connectivity index (χ1n) is 4.70. The number of sulfone groups is 1. The monoisotopic (exact) mass is 207 g/mol. The van der Waals surface area contributed by atoms with Gasteiger partial charge in [0.2, 0.25) is 0 Å². The van der Waals surface area contributed by atoms with Crippen LogP contribution in [0.3, 0.4) is 0 Å². The van der Waals surface area contributed by atoms with Gasteiger partial charge in [-0.3, -0.25) is 0 Å². The van der Waals surface area contributed by atoms with Gasteiger partial charge in [-0.25, -0.2) is 8.42 Å². The second-order valence-corrected chi connectivity index (χ2v) is 6.62. The number of rotatable bonds is 5. The van der Waals surface area contributed by atoms with Crippen molar-refractivity contribution in [3.8, 4) is 0 Å². The van der Waals surface area contributed by atoms with Gasteiger partial charge < -0.3 is 5.32 Å². The highest BCUT2D eigenvalue weighted by Gasteiger charge is 2.23. The van der Waals surface area contributed by atoms with Crippen LogP contribution in [0.4, 0.5) is 0 Å². The van der Waals surface area contributed by atoms with E-state index in [0.717, 1.165) is 0 Å². The molecule has 0 saturated carbocycles. The SMILES string of the molecule is CNC(CS(=O)(=O)C(C)C)C(C)C. The minimum Gasteiger partial charge on any atom is -0.316 e. The molecule has 0 aliphatic rings. The molecule has 0 heterocycles. The molecule has 0 aliphatic carbocycles. The Morgan fingerprint density at radius 3 is 1.85 bits per heavy atom. The molecule has 1 unspecified atom stereocenters. The van der Waals surface area contributed by atoms with E-state index in [-0.39, 0.29) is 17.0 Å². The summed E-state index contributed by atoms with van der Waals surface area (Å²) >= 11 is 0. The van der Waals surface area contributed by atoms with Gasteiger partial charge in [0.25, 0.3) is 0 Å². The van der Waals surface area contributed by atoms with Gasteiger partial charge in [-0.2, -0.15) is 0 Å². The number of nitrogens with one attached hydrogen (secondary N) is 1. The second-order valence-electron chi connectivity index (χ2n) is 4.02. The molecule has 0 aromatic rings. The Kier molecular flexibility index (Phi) is 4.92. The molecule has 0 aromatic carbocycles. The van der Waals surface area contributed by atoms with Gasteiger partial charge in [0.15, 0.2) is 9.84 Å². The largest absolute Gasteiger partial charge is 0.316 e. The van der Waals surface area contributed by atoms with Crippen LogP contribution in [0.1, 0.15) is 27.7 Å². The number of hydrogen-bond donors (Lipinski definition) is 1. The van der Waals surface area contributed by atoms with Gasteiger partial charge >= 0.3 is 0 Å². The highest BCUT2D eigenvalue weighted by Crippen LogP contribution is 2.08. The lowest BCUT2D eigenvalue weighted by atomic mass is 10.1. The van der Waals surface area contributed by atoms with Gasteiger partial charge in [0.1, 0.15) is 0 Å². The van der Waals surface area contributed by atoms with E-state index in [1.807, 2.05) is 13.8 Å². The van der Waals surface area contributed by atoms with Crippen LogP contribution in [0.5, 0.6) is 0 Å². The molecule has 0 radical (unpaired) electrons. The van der Waals surface area contributed by atoms with E-state index in [0.29, 0.717) is 5.92 Å². The molecule has 0 rings (SSSR count). The molecule has 0 spiro atoms. The summed E-state index contributed by atoms with van der Waals surface area (Å²) in [7, 11) is -1.11. The lowest BCUT2D eigenvalue weighted by Gasteiger charge is -2.21. The van der Waals surface area contributed by atoms with Gasteiger partial charge in [-0.1, -0.05) is 13.8 Å². The van der Waals surface area contributed by atoms with Crippen LogP contribution in [0, 0.1) is 5.92 Å². The Hall–Kier alpha value is -0.0900. The topological polar surface area (TPSA) is 46.2 Å². The van der Waals surface area contributed by atoms with Crippen molar-refractivity contribution >= 4 is 9.84 Å². The standard InChI is InChI=1S/C9H21NO2S/c1-7(2)9(10-5)6-13(11,12)8(3)4/h7-10H,6H2,1-5H3. The molecular formula is C9H21NO2S. The Morgan fingerprint density at radius 2 is 1.62 bits per heavy atom. The lowest BCUT2D eigenvalue weighted by molar-refractivity contribution is 0.453. The molecule has 0 bridgehead atoms. The fourth-order valence-electron chi connectivity index (χ4n) is 1.05. The van der Waals surface area contributed by atoms with E-state index < -0.39 is 9.84 Å². The van der Waals surface area contributed by atoms with E-state index in [1.165, 1.54) is 0 Å². The molecule has 0 amide bonds. The molecule has 0 aromatic heterocycles. The molecule has 1 N–H and O–H groups in total. The fraction of sp³-hybridized carbons (Fsp3) is 1.00. The summed E-state index contributed by atoms with van der Waals surface area (Å²) < 4.78 is 23.1. The summed E-state index contributed by atoms with van der Waals surface area (Å²) in [6, 6.07) is 0.0624. The van der Waals surface area contributed by atoms with Gasteiger partial charge in [-0.05, 0) is 26.8 Å². The Balaban J connectivity index is 4.41. The second kappa shape index (κ2) is 4.96. The predicted octanol–water partition coefficient (Wildman–Crippen LogP) is 1.05. The van der Waals surface area contributed by atoms with E-state index in [9.17, 15) is 8.42 Å². The zero-order chi connectivity index (χ0) is 10.6. The Bertz CT molecular complexity index is 232. The molecule has 0 saturated heterocycles. The van der Waals surface area contributed by atoms with Crippen molar-refractivity contribution in [3.63, 3.8) is 0 Å². The molecule has 80 valence electrons. The van der Waals surface area contributed by atoms with Gasteiger partial charge in [0, 0.05) is 6.04 Å². The summed E-state index contributed by atoms with van der Waals surface area (Å²) in [6.07, 6.45) is 0. The lowest BCUT2D eigenvalue weighted by Crippen LogP contribution is -2.39. The Labute approximate surface area is 81.8 Å². The highest BCUT2D eigenvalue weighted by atomic mass is 32.2. The van der Waals surface area contributed by atoms with Crippen molar-refractivity contribution in [2.75, 3.05) is 12.8 Å². The smallest absolute Gasteiger partial charge is 0.154 e. The predicted molar refractivity (Wildman–Crippen MR) is 56.6 cm³/mol. The fourth-order valence-corrected chi connectivity index (χ4v) is 2.49. The average molecular weight is 207 g/mol. The van der Waals surface area contributed by atoms with Crippen LogP contribution in [-0.2, 0) is 9.84 Å².